The first kappa shape index (κ1) is 14.7. The molecule has 0 bridgehead atoms. The van der Waals surface area contributed by atoms with Crippen LogP contribution in [0.15, 0.2) is 0 Å². The first-order chi connectivity index (χ1) is 7.04. The molecule has 1 unspecified atom stereocenters. The fourth-order valence-electron chi connectivity index (χ4n) is 0.703. The summed E-state index contributed by atoms with van der Waals surface area (Å²) in [5.41, 5.74) is 0. The second-order valence-corrected chi connectivity index (χ2v) is 4.63. The summed E-state index contributed by atoms with van der Waals surface area (Å²) in [6.07, 6.45) is 0.197. The lowest BCUT2D eigenvalue weighted by molar-refractivity contribution is -0.117. The maximum absolute atomic E-state index is 11.6. The molecule has 0 spiro atoms. The van der Waals surface area contributed by atoms with Gasteiger partial charge >= 0.3 is 7.82 Å². The minimum Gasteiger partial charge on any atom is -0.317 e. The Balaban J connectivity index is 3.85. The maximum Gasteiger partial charge on any atom is 0.474 e. The van der Waals surface area contributed by atoms with E-state index in [1.807, 2.05) is 0 Å². The van der Waals surface area contributed by atoms with E-state index in [2.05, 4.69) is 9.84 Å². The summed E-state index contributed by atoms with van der Waals surface area (Å²) >= 11 is 0. The lowest BCUT2D eigenvalue weighted by Crippen LogP contribution is -2.14. The molecule has 0 aromatic carbocycles. The Morgan fingerprint density at radius 3 is 2.40 bits per heavy atom. The zero-order chi connectivity index (χ0) is 11.7. The fraction of sp³-hybridized carbons (Fsp3) is 0.875. The van der Waals surface area contributed by atoms with Crippen molar-refractivity contribution in [2.45, 2.75) is 13.3 Å². The summed E-state index contributed by atoms with van der Waals surface area (Å²) in [4.78, 5) is 10.6. The van der Waals surface area contributed by atoms with Crippen molar-refractivity contribution in [2.24, 2.45) is 0 Å². The highest BCUT2D eigenvalue weighted by atomic mass is 31.2. The molecular weight excluding hydrogens is 221 g/mol. The largest absolute Gasteiger partial charge is 0.474 e. The zero-order valence-electron chi connectivity index (χ0n) is 9.32. The normalized spacial score (nSPS) is 14.9. The Morgan fingerprint density at radius 1 is 1.33 bits per heavy atom. The number of phosphoric ester groups is 1. The molecule has 0 aromatic heterocycles. The average Bonchev–Trinajstić information content (AvgIpc) is 2.18. The third kappa shape index (κ3) is 7.64. The molecule has 7 heteroatoms. The first-order valence-corrected chi connectivity index (χ1v) is 6.09. The summed E-state index contributed by atoms with van der Waals surface area (Å²) < 4.78 is 26.1. The van der Waals surface area contributed by atoms with Crippen molar-refractivity contribution in [1.29, 1.82) is 0 Å². The van der Waals surface area contributed by atoms with Crippen LogP contribution in [0.3, 0.4) is 0 Å². The van der Waals surface area contributed by atoms with Crippen LogP contribution in [0.25, 0.3) is 0 Å². The summed E-state index contributed by atoms with van der Waals surface area (Å²) in [5, 5.41) is 2.83. The van der Waals surface area contributed by atoms with E-state index in [4.69, 9.17) is 9.05 Å². The molecule has 0 saturated carbocycles. The van der Waals surface area contributed by atoms with Gasteiger partial charge in [0.1, 0.15) is 5.78 Å². The van der Waals surface area contributed by atoms with Crippen LogP contribution in [0, 0.1) is 0 Å². The maximum atomic E-state index is 11.6. The SMILES string of the molecule is CNCCOP(=O)(OC)OCCC(C)=O. The van der Waals surface area contributed by atoms with Gasteiger partial charge in [0.25, 0.3) is 0 Å². The molecule has 15 heavy (non-hydrogen) atoms. The molecule has 6 nitrogen and oxygen atoms in total. The Morgan fingerprint density at radius 2 is 1.93 bits per heavy atom. The fourth-order valence-corrected chi connectivity index (χ4v) is 1.62. The molecule has 0 fully saturated rings. The van der Waals surface area contributed by atoms with Gasteiger partial charge in [0.15, 0.2) is 0 Å². The highest BCUT2D eigenvalue weighted by Gasteiger charge is 2.24. The molecule has 0 heterocycles. The van der Waals surface area contributed by atoms with Crippen molar-refractivity contribution in [3.8, 4) is 0 Å². The van der Waals surface area contributed by atoms with Crippen LogP contribution < -0.4 is 5.32 Å². The van der Waals surface area contributed by atoms with Crippen LogP contribution in [-0.4, -0.2) is 39.7 Å². The number of phosphoric acid groups is 1. The Kier molecular flexibility index (Phi) is 7.82. The number of hydrogen-bond donors (Lipinski definition) is 1. The molecule has 0 aliphatic heterocycles. The van der Waals surface area contributed by atoms with E-state index in [1.54, 1.807) is 7.05 Å². The van der Waals surface area contributed by atoms with Crippen LogP contribution in [0.1, 0.15) is 13.3 Å². The number of Topliss-reactive ketones (excluding diaryl/α,β-unsaturated/α-hetero) is 1. The number of ketones is 1. The van der Waals surface area contributed by atoms with Crippen LogP contribution in [0.5, 0.6) is 0 Å². The van der Waals surface area contributed by atoms with Gasteiger partial charge in [0.2, 0.25) is 0 Å². The molecule has 0 radical (unpaired) electrons. The molecule has 0 amide bonds. The Bertz CT molecular complexity index is 233. The zero-order valence-corrected chi connectivity index (χ0v) is 10.2. The number of likely N-dealkylation sites (N-methyl/N-ethyl adjacent to an activating group) is 1. The van der Waals surface area contributed by atoms with Crippen LogP contribution >= 0.6 is 7.82 Å². The van der Waals surface area contributed by atoms with Crippen LogP contribution in [-0.2, 0) is 22.9 Å². The van der Waals surface area contributed by atoms with Gasteiger partial charge < -0.3 is 5.32 Å². The Hall–Kier alpha value is -0.260. The minimum atomic E-state index is -3.48. The van der Waals surface area contributed by atoms with Gasteiger partial charge in [-0.15, -0.1) is 0 Å². The lowest BCUT2D eigenvalue weighted by atomic mass is 10.3. The summed E-state index contributed by atoms with van der Waals surface area (Å²) in [5.74, 6) is -0.0344. The van der Waals surface area contributed by atoms with Crippen LogP contribution in [0.4, 0.5) is 0 Å². The van der Waals surface area contributed by atoms with Gasteiger partial charge in [-0.3, -0.25) is 18.4 Å². The van der Waals surface area contributed by atoms with E-state index >= 15 is 0 Å². The van der Waals surface area contributed by atoms with Gasteiger partial charge in [0.05, 0.1) is 13.2 Å². The number of carbonyl (C=O) groups is 1. The van der Waals surface area contributed by atoms with Gasteiger partial charge in [-0.2, -0.15) is 0 Å². The number of rotatable bonds is 9. The standard InChI is InChI=1S/C8H18NO5P/c1-8(10)4-6-13-15(11,12-3)14-7-5-9-2/h9H,4-7H2,1-3H3. The van der Waals surface area contributed by atoms with Crippen LogP contribution in [0.2, 0.25) is 0 Å². The van der Waals surface area contributed by atoms with E-state index in [-0.39, 0.29) is 25.4 Å². The van der Waals surface area contributed by atoms with Gasteiger partial charge in [-0.1, -0.05) is 0 Å². The van der Waals surface area contributed by atoms with Crippen molar-refractivity contribution in [2.75, 3.05) is 33.9 Å². The van der Waals surface area contributed by atoms with E-state index < -0.39 is 7.82 Å². The number of carbonyl (C=O) groups excluding carboxylic acids is 1. The molecule has 0 rings (SSSR count). The van der Waals surface area contributed by atoms with Crippen molar-refractivity contribution in [3.63, 3.8) is 0 Å². The molecule has 90 valence electrons. The highest BCUT2D eigenvalue weighted by Crippen LogP contribution is 2.48. The van der Waals surface area contributed by atoms with Crippen molar-refractivity contribution in [3.05, 3.63) is 0 Å². The molecule has 0 saturated heterocycles. The monoisotopic (exact) mass is 239 g/mol. The molecule has 1 N–H and O–H groups in total. The van der Waals surface area contributed by atoms with Crippen molar-refractivity contribution in [1.82, 2.24) is 5.32 Å². The summed E-state index contributed by atoms with van der Waals surface area (Å²) in [6, 6.07) is 0. The first-order valence-electron chi connectivity index (χ1n) is 4.63. The molecular formula is C8H18NO5P. The topological polar surface area (TPSA) is 73.9 Å². The predicted octanol–water partition coefficient (Wildman–Crippen LogP) is 0.973. The third-order valence-electron chi connectivity index (χ3n) is 1.53. The van der Waals surface area contributed by atoms with Gasteiger partial charge in [0, 0.05) is 20.1 Å². The smallest absolute Gasteiger partial charge is 0.317 e. The van der Waals surface area contributed by atoms with Gasteiger partial charge in [-0.25, -0.2) is 4.57 Å². The summed E-state index contributed by atoms with van der Waals surface area (Å²) in [6.45, 7) is 2.24. The summed E-state index contributed by atoms with van der Waals surface area (Å²) in [7, 11) is -0.487. The molecule has 0 aliphatic rings. The second-order valence-electron chi connectivity index (χ2n) is 2.85. The Labute approximate surface area is 89.9 Å². The number of nitrogens with one attached hydrogen (secondary N) is 1. The lowest BCUT2D eigenvalue weighted by Gasteiger charge is -2.15. The number of hydrogen-bond acceptors (Lipinski definition) is 6. The highest BCUT2D eigenvalue weighted by molar-refractivity contribution is 7.48. The van der Waals surface area contributed by atoms with E-state index in [9.17, 15) is 9.36 Å². The molecule has 0 aromatic rings. The van der Waals surface area contributed by atoms with Crippen molar-refractivity contribution < 1.29 is 22.9 Å². The minimum absolute atomic E-state index is 0.0344. The third-order valence-corrected chi connectivity index (χ3v) is 2.97. The molecule has 1 atom stereocenters. The van der Waals surface area contributed by atoms with E-state index in [1.165, 1.54) is 14.0 Å². The quantitative estimate of drug-likeness (QED) is 0.477. The second kappa shape index (κ2) is 7.96. The van der Waals surface area contributed by atoms with E-state index in [0.717, 1.165) is 0 Å². The average molecular weight is 239 g/mol. The van der Waals surface area contributed by atoms with E-state index in [0.29, 0.717) is 6.54 Å². The molecule has 0 aliphatic carbocycles. The van der Waals surface area contributed by atoms with Crippen molar-refractivity contribution >= 4 is 13.6 Å². The predicted molar refractivity (Wildman–Crippen MR) is 55.7 cm³/mol. The van der Waals surface area contributed by atoms with Gasteiger partial charge in [-0.05, 0) is 14.0 Å².